The monoisotopic (exact) mass is 288 g/mol. The molecule has 0 aliphatic heterocycles. The first-order chi connectivity index (χ1) is 10.0. The zero-order chi connectivity index (χ0) is 15.5. The number of aliphatic hydroxyl groups excluding tert-OH is 2. The third-order valence-corrected chi connectivity index (χ3v) is 3.75. The van der Waals surface area contributed by atoms with Crippen molar-refractivity contribution in [2.45, 2.75) is 25.8 Å². The van der Waals surface area contributed by atoms with E-state index in [0.717, 1.165) is 16.6 Å². The molecule has 21 heavy (non-hydrogen) atoms. The van der Waals surface area contributed by atoms with E-state index in [1.807, 2.05) is 38.1 Å². The second-order valence-electron chi connectivity index (χ2n) is 5.23. The summed E-state index contributed by atoms with van der Waals surface area (Å²) < 4.78 is 0. The van der Waals surface area contributed by atoms with Gasteiger partial charge >= 0.3 is 0 Å². The van der Waals surface area contributed by atoms with Crippen LogP contribution in [0.1, 0.15) is 29.4 Å². The number of pyridine rings is 1. The van der Waals surface area contributed by atoms with Crippen LogP contribution >= 0.6 is 0 Å². The number of para-hydroxylation sites is 1. The first-order valence-electron chi connectivity index (χ1n) is 6.96. The molecule has 0 aliphatic carbocycles. The summed E-state index contributed by atoms with van der Waals surface area (Å²) in [7, 11) is 0. The zero-order valence-electron chi connectivity index (χ0n) is 12.3. The van der Waals surface area contributed by atoms with Gasteiger partial charge < -0.3 is 15.5 Å². The number of fused-ring (bicyclic) bond motifs is 1. The van der Waals surface area contributed by atoms with E-state index in [-0.39, 0.29) is 19.1 Å². The Balaban J connectivity index is 2.44. The average Bonchev–Trinajstić information content (AvgIpc) is 2.51. The van der Waals surface area contributed by atoms with Crippen LogP contribution in [-0.4, -0.2) is 39.9 Å². The number of aliphatic hydroxyl groups is 2. The minimum absolute atomic E-state index is 0.312. The number of carbonyl (C=O) groups is 1. The Bertz CT molecular complexity index is 643. The molecule has 1 aromatic heterocycles. The number of nitrogens with zero attached hydrogens (tertiary/aromatic N) is 1. The van der Waals surface area contributed by atoms with E-state index in [2.05, 4.69) is 10.3 Å². The minimum Gasteiger partial charge on any atom is -0.394 e. The molecular formula is C16H20N2O3. The standard InChI is InChI=1S/C16H20N2O3/c1-3-16(9-19,10-20)18-15(21)13-8-11(2)17-14-7-5-4-6-12(13)14/h4-8,19-20H,3,9-10H2,1-2H3,(H,18,21). The second kappa shape index (κ2) is 6.20. The van der Waals surface area contributed by atoms with Gasteiger partial charge in [0, 0.05) is 11.1 Å². The summed E-state index contributed by atoms with van der Waals surface area (Å²) in [6.45, 7) is 3.01. The fraction of sp³-hybridized carbons (Fsp3) is 0.375. The largest absolute Gasteiger partial charge is 0.394 e. The van der Waals surface area contributed by atoms with Crippen LogP contribution in [0.3, 0.4) is 0 Å². The highest BCUT2D eigenvalue weighted by Gasteiger charge is 2.29. The van der Waals surface area contributed by atoms with Gasteiger partial charge in [-0.05, 0) is 25.5 Å². The quantitative estimate of drug-likeness (QED) is 0.777. The van der Waals surface area contributed by atoms with E-state index < -0.39 is 5.54 Å². The molecular weight excluding hydrogens is 268 g/mol. The second-order valence-corrected chi connectivity index (χ2v) is 5.23. The summed E-state index contributed by atoms with van der Waals surface area (Å²) in [6.07, 6.45) is 0.438. The Labute approximate surface area is 123 Å². The molecule has 0 bridgehead atoms. The van der Waals surface area contributed by atoms with Crippen LogP contribution < -0.4 is 5.32 Å². The Hall–Kier alpha value is -1.98. The topological polar surface area (TPSA) is 82.5 Å². The summed E-state index contributed by atoms with van der Waals surface area (Å²) in [6, 6.07) is 9.12. The molecule has 112 valence electrons. The lowest BCUT2D eigenvalue weighted by Gasteiger charge is -2.29. The maximum Gasteiger partial charge on any atom is 0.252 e. The van der Waals surface area contributed by atoms with Crippen molar-refractivity contribution >= 4 is 16.8 Å². The predicted molar refractivity (Wildman–Crippen MR) is 81.1 cm³/mol. The normalized spacial score (nSPS) is 11.6. The first kappa shape index (κ1) is 15.4. The fourth-order valence-corrected chi connectivity index (χ4v) is 2.24. The van der Waals surface area contributed by atoms with E-state index in [1.54, 1.807) is 6.07 Å². The van der Waals surface area contributed by atoms with E-state index in [0.29, 0.717) is 12.0 Å². The third kappa shape index (κ3) is 3.04. The highest BCUT2D eigenvalue weighted by Crippen LogP contribution is 2.19. The zero-order valence-corrected chi connectivity index (χ0v) is 12.3. The van der Waals surface area contributed by atoms with Crippen molar-refractivity contribution in [2.24, 2.45) is 0 Å². The van der Waals surface area contributed by atoms with Gasteiger partial charge in [-0.2, -0.15) is 0 Å². The lowest BCUT2D eigenvalue weighted by atomic mass is 9.97. The van der Waals surface area contributed by atoms with Gasteiger partial charge in [0.05, 0.1) is 29.8 Å². The molecule has 5 heteroatoms. The SMILES string of the molecule is CCC(CO)(CO)NC(=O)c1cc(C)nc2ccccc12. The van der Waals surface area contributed by atoms with Crippen molar-refractivity contribution in [1.82, 2.24) is 10.3 Å². The van der Waals surface area contributed by atoms with Gasteiger partial charge in [0.15, 0.2) is 0 Å². The molecule has 0 saturated heterocycles. The van der Waals surface area contributed by atoms with Crippen molar-refractivity contribution in [2.75, 3.05) is 13.2 Å². The van der Waals surface area contributed by atoms with Gasteiger partial charge in [0.1, 0.15) is 0 Å². The third-order valence-electron chi connectivity index (χ3n) is 3.75. The molecule has 0 fully saturated rings. The van der Waals surface area contributed by atoms with E-state index >= 15 is 0 Å². The molecule has 1 aromatic carbocycles. The van der Waals surface area contributed by atoms with Gasteiger partial charge in [-0.3, -0.25) is 9.78 Å². The summed E-state index contributed by atoms with van der Waals surface area (Å²) in [4.78, 5) is 16.9. The molecule has 3 N–H and O–H groups in total. The molecule has 0 saturated carbocycles. The van der Waals surface area contributed by atoms with Crippen molar-refractivity contribution < 1.29 is 15.0 Å². The van der Waals surface area contributed by atoms with Crippen LogP contribution in [0.25, 0.3) is 10.9 Å². The van der Waals surface area contributed by atoms with Gasteiger partial charge in [0.25, 0.3) is 5.91 Å². The maximum atomic E-state index is 12.5. The highest BCUT2D eigenvalue weighted by molar-refractivity contribution is 6.06. The van der Waals surface area contributed by atoms with Crippen LogP contribution in [-0.2, 0) is 0 Å². The molecule has 0 spiro atoms. The lowest BCUT2D eigenvalue weighted by molar-refractivity contribution is 0.0654. The molecule has 0 unspecified atom stereocenters. The number of aryl methyl sites for hydroxylation is 1. The molecule has 2 aromatic rings. The van der Waals surface area contributed by atoms with Crippen molar-refractivity contribution in [1.29, 1.82) is 0 Å². The number of carbonyl (C=O) groups excluding carboxylic acids is 1. The number of hydrogen-bond donors (Lipinski definition) is 3. The minimum atomic E-state index is -1.00. The van der Waals surface area contributed by atoms with Gasteiger partial charge in [0.2, 0.25) is 0 Å². The average molecular weight is 288 g/mol. The smallest absolute Gasteiger partial charge is 0.252 e. The predicted octanol–water partition coefficient (Wildman–Crippen LogP) is 1.41. The van der Waals surface area contributed by atoms with Crippen molar-refractivity contribution in [3.05, 3.63) is 41.6 Å². The first-order valence-corrected chi connectivity index (χ1v) is 6.96. The summed E-state index contributed by atoms with van der Waals surface area (Å²) in [5.74, 6) is -0.318. The number of aromatic nitrogens is 1. The molecule has 1 heterocycles. The molecule has 2 rings (SSSR count). The maximum absolute atomic E-state index is 12.5. The van der Waals surface area contributed by atoms with E-state index in [4.69, 9.17) is 0 Å². The molecule has 0 aliphatic rings. The number of amides is 1. The Kier molecular flexibility index (Phi) is 4.55. The molecule has 0 atom stereocenters. The molecule has 5 nitrogen and oxygen atoms in total. The molecule has 0 radical (unpaired) electrons. The number of hydrogen-bond acceptors (Lipinski definition) is 4. The summed E-state index contributed by atoms with van der Waals surface area (Å²) in [5.41, 5.74) is 0.986. The molecule has 1 amide bonds. The van der Waals surface area contributed by atoms with Crippen LogP contribution in [0.15, 0.2) is 30.3 Å². The van der Waals surface area contributed by atoms with Crippen molar-refractivity contribution in [3.63, 3.8) is 0 Å². The fourth-order valence-electron chi connectivity index (χ4n) is 2.24. The Morgan fingerprint density at radius 2 is 1.95 bits per heavy atom. The van der Waals surface area contributed by atoms with Crippen LogP contribution in [0.5, 0.6) is 0 Å². The highest BCUT2D eigenvalue weighted by atomic mass is 16.3. The number of nitrogens with one attached hydrogen (secondary N) is 1. The van der Waals surface area contributed by atoms with E-state index in [1.165, 1.54) is 0 Å². The van der Waals surface area contributed by atoms with Gasteiger partial charge in [-0.25, -0.2) is 0 Å². The Morgan fingerprint density at radius 1 is 1.29 bits per heavy atom. The number of benzene rings is 1. The van der Waals surface area contributed by atoms with Gasteiger partial charge in [-0.1, -0.05) is 25.1 Å². The Morgan fingerprint density at radius 3 is 2.57 bits per heavy atom. The van der Waals surface area contributed by atoms with E-state index in [9.17, 15) is 15.0 Å². The van der Waals surface area contributed by atoms with Crippen LogP contribution in [0.2, 0.25) is 0 Å². The summed E-state index contributed by atoms with van der Waals surface area (Å²) >= 11 is 0. The van der Waals surface area contributed by atoms with Crippen LogP contribution in [0, 0.1) is 6.92 Å². The number of rotatable bonds is 5. The van der Waals surface area contributed by atoms with Gasteiger partial charge in [-0.15, -0.1) is 0 Å². The summed E-state index contributed by atoms with van der Waals surface area (Å²) in [5, 5.41) is 22.4. The lowest BCUT2D eigenvalue weighted by Crippen LogP contribution is -2.53. The van der Waals surface area contributed by atoms with Crippen LogP contribution in [0.4, 0.5) is 0 Å². The van der Waals surface area contributed by atoms with Crippen molar-refractivity contribution in [3.8, 4) is 0 Å².